The second-order valence-corrected chi connectivity index (χ2v) is 7.25. The molecule has 0 bridgehead atoms. The molecule has 0 aliphatic rings. The molecule has 1 atom stereocenters. The average molecular weight is 412 g/mol. The molecule has 30 heavy (non-hydrogen) atoms. The molecule has 0 aliphatic heterocycles. The molecule has 0 fully saturated rings. The van der Waals surface area contributed by atoms with Gasteiger partial charge in [0.15, 0.2) is 5.65 Å². The number of amides is 1. The number of nitrogens with one attached hydrogen (secondary N) is 3. The normalized spacial score (nSPS) is 12.0. The van der Waals surface area contributed by atoms with E-state index in [1.54, 1.807) is 43.0 Å². The van der Waals surface area contributed by atoms with Crippen LogP contribution in [0.4, 0.5) is 17.3 Å². The number of fused-ring (bicyclic) bond motifs is 1. The molecule has 3 aromatic heterocycles. The van der Waals surface area contributed by atoms with Crippen LogP contribution in [0.3, 0.4) is 0 Å². The monoisotopic (exact) mass is 411 g/mol. The maximum absolute atomic E-state index is 12.9. The van der Waals surface area contributed by atoms with Gasteiger partial charge in [0.2, 0.25) is 0 Å². The summed E-state index contributed by atoms with van der Waals surface area (Å²) < 4.78 is 3.06. The number of nitrogens with zero attached hydrogens (tertiary/aromatic N) is 4. The van der Waals surface area contributed by atoms with Crippen molar-refractivity contribution in [3.63, 3.8) is 0 Å². The number of unbranched alkanes of at least 4 members (excludes halogenated alkanes) is 1. The van der Waals surface area contributed by atoms with Gasteiger partial charge in [0.25, 0.3) is 11.5 Å². The van der Waals surface area contributed by atoms with Crippen LogP contribution >= 0.6 is 0 Å². The van der Waals surface area contributed by atoms with Gasteiger partial charge in [-0.15, -0.1) is 0 Å². The highest BCUT2D eigenvalue weighted by Gasteiger charge is 2.19. The van der Waals surface area contributed by atoms with Crippen LogP contribution in [0.1, 0.15) is 49.9 Å². The van der Waals surface area contributed by atoms with Crippen LogP contribution in [0.5, 0.6) is 0 Å². The topological polar surface area (TPSA) is 105 Å². The van der Waals surface area contributed by atoms with Crippen molar-refractivity contribution in [1.82, 2.24) is 24.5 Å². The van der Waals surface area contributed by atoms with Crippen LogP contribution in [0.25, 0.3) is 5.65 Å². The molecular weight excluding hydrogens is 382 g/mol. The van der Waals surface area contributed by atoms with Crippen molar-refractivity contribution in [2.24, 2.45) is 7.05 Å². The highest BCUT2D eigenvalue weighted by Crippen LogP contribution is 2.21. The molecule has 1 amide bonds. The lowest BCUT2D eigenvalue weighted by molar-refractivity contribution is 0.0935. The summed E-state index contributed by atoms with van der Waals surface area (Å²) in [4.78, 5) is 29.8. The smallest absolute Gasteiger partial charge is 0.274 e. The molecule has 0 saturated carbocycles. The standard InChI is InChI=1S/C21H29N7O2/c1-5-7-9-14(6-2)24-20(29)15-13-23-28-18(22-3)12-17(26-19(15)28)25-16-10-8-11-27(4)21(16)30/h8,10-14,22H,5-7,9H2,1-4H3,(H,24,29)(H,25,26)/t14-/m1/s1. The first-order valence-electron chi connectivity index (χ1n) is 10.3. The number of carbonyl (C=O) groups excluding carboxylic acids is 1. The number of rotatable bonds is 9. The lowest BCUT2D eigenvalue weighted by atomic mass is 10.1. The van der Waals surface area contributed by atoms with Gasteiger partial charge in [-0.25, -0.2) is 4.98 Å². The molecule has 0 unspecified atom stereocenters. The minimum Gasteiger partial charge on any atom is -0.373 e. The fraction of sp³-hybridized carbons (Fsp3) is 0.429. The molecule has 9 nitrogen and oxygen atoms in total. The lowest BCUT2D eigenvalue weighted by Crippen LogP contribution is -2.34. The van der Waals surface area contributed by atoms with E-state index in [1.807, 2.05) is 0 Å². The molecule has 0 aromatic carbocycles. The maximum Gasteiger partial charge on any atom is 0.274 e. The Labute approximate surface area is 175 Å². The highest BCUT2D eigenvalue weighted by molar-refractivity contribution is 6.00. The Hall–Kier alpha value is -3.36. The van der Waals surface area contributed by atoms with E-state index in [2.05, 4.69) is 39.9 Å². The molecule has 3 heterocycles. The van der Waals surface area contributed by atoms with Crippen molar-refractivity contribution in [2.45, 2.75) is 45.6 Å². The van der Waals surface area contributed by atoms with Gasteiger partial charge >= 0.3 is 0 Å². The van der Waals surface area contributed by atoms with Gasteiger partial charge in [0.05, 0.1) is 6.20 Å². The summed E-state index contributed by atoms with van der Waals surface area (Å²) in [5.41, 5.74) is 1.04. The van der Waals surface area contributed by atoms with Crippen molar-refractivity contribution in [1.29, 1.82) is 0 Å². The number of anilines is 3. The first-order chi connectivity index (χ1) is 14.5. The number of pyridine rings is 1. The SMILES string of the molecule is CCCC[C@@H](CC)NC(=O)c1cnn2c(NC)cc(Nc3cccn(C)c3=O)nc12. The summed E-state index contributed by atoms with van der Waals surface area (Å²) in [5.74, 6) is 0.894. The predicted octanol–water partition coefficient (Wildman–Crippen LogP) is 2.91. The van der Waals surface area contributed by atoms with E-state index in [9.17, 15) is 9.59 Å². The third kappa shape index (κ3) is 4.45. The summed E-state index contributed by atoms with van der Waals surface area (Å²) in [5, 5.41) is 13.5. The zero-order valence-corrected chi connectivity index (χ0v) is 17.9. The molecule has 3 N–H and O–H groups in total. The van der Waals surface area contributed by atoms with E-state index in [0.717, 1.165) is 25.7 Å². The van der Waals surface area contributed by atoms with E-state index in [-0.39, 0.29) is 17.5 Å². The maximum atomic E-state index is 12.9. The molecule has 0 saturated heterocycles. The van der Waals surface area contributed by atoms with Crippen molar-refractivity contribution in [3.05, 3.63) is 46.5 Å². The van der Waals surface area contributed by atoms with Gasteiger partial charge in [0.1, 0.15) is 22.9 Å². The Bertz CT molecular complexity index is 1090. The Kier molecular flexibility index (Phi) is 6.71. The fourth-order valence-electron chi connectivity index (χ4n) is 3.29. The highest BCUT2D eigenvalue weighted by atomic mass is 16.2. The fourth-order valence-corrected chi connectivity index (χ4v) is 3.29. The second kappa shape index (κ2) is 9.43. The van der Waals surface area contributed by atoms with Crippen molar-refractivity contribution in [2.75, 3.05) is 17.7 Å². The van der Waals surface area contributed by atoms with Crippen molar-refractivity contribution < 1.29 is 4.79 Å². The molecule has 0 spiro atoms. The number of hydrogen-bond acceptors (Lipinski definition) is 6. The number of aromatic nitrogens is 4. The zero-order chi connectivity index (χ0) is 21.7. The molecule has 0 radical (unpaired) electrons. The van der Waals surface area contributed by atoms with E-state index in [0.29, 0.717) is 28.5 Å². The first kappa shape index (κ1) is 21.4. The van der Waals surface area contributed by atoms with E-state index < -0.39 is 0 Å². The van der Waals surface area contributed by atoms with Crippen LogP contribution in [0.15, 0.2) is 35.4 Å². The van der Waals surface area contributed by atoms with E-state index in [1.165, 1.54) is 10.8 Å². The average Bonchev–Trinajstić information content (AvgIpc) is 3.17. The zero-order valence-electron chi connectivity index (χ0n) is 17.9. The van der Waals surface area contributed by atoms with Gasteiger partial charge in [-0.3, -0.25) is 9.59 Å². The summed E-state index contributed by atoms with van der Waals surface area (Å²) in [6.07, 6.45) is 7.17. The second-order valence-electron chi connectivity index (χ2n) is 7.25. The summed E-state index contributed by atoms with van der Waals surface area (Å²) in [7, 11) is 3.45. The first-order valence-corrected chi connectivity index (χ1v) is 10.3. The van der Waals surface area contributed by atoms with Crippen LogP contribution in [0.2, 0.25) is 0 Å². The Balaban J connectivity index is 1.95. The third-order valence-electron chi connectivity index (χ3n) is 5.09. The minimum absolute atomic E-state index is 0.116. The Morgan fingerprint density at radius 3 is 2.80 bits per heavy atom. The van der Waals surface area contributed by atoms with Gasteiger partial charge in [-0.2, -0.15) is 9.61 Å². The van der Waals surface area contributed by atoms with Gasteiger partial charge < -0.3 is 20.5 Å². The van der Waals surface area contributed by atoms with Crippen molar-refractivity contribution >= 4 is 28.9 Å². The largest absolute Gasteiger partial charge is 0.373 e. The quantitative estimate of drug-likeness (QED) is 0.500. The molecule has 9 heteroatoms. The molecule has 3 rings (SSSR count). The van der Waals surface area contributed by atoms with Crippen LogP contribution in [0, 0.1) is 0 Å². The van der Waals surface area contributed by atoms with Gasteiger partial charge in [-0.05, 0) is 25.0 Å². The molecule has 160 valence electrons. The Morgan fingerprint density at radius 2 is 2.10 bits per heavy atom. The number of aryl methyl sites for hydroxylation is 1. The van der Waals surface area contributed by atoms with Crippen LogP contribution in [-0.4, -0.2) is 38.2 Å². The minimum atomic E-state index is -0.199. The third-order valence-corrected chi connectivity index (χ3v) is 5.09. The predicted molar refractivity (Wildman–Crippen MR) is 119 cm³/mol. The Morgan fingerprint density at radius 1 is 1.30 bits per heavy atom. The van der Waals surface area contributed by atoms with Crippen LogP contribution < -0.4 is 21.5 Å². The van der Waals surface area contributed by atoms with Gasteiger partial charge in [0, 0.05) is 32.4 Å². The summed E-state index contributed by atoms with van der Waals surface area (Å²) in [6.45, 7) is 4.20. The molecule has 3 aromatic rings. The van der Waals surface area contributed by atoms with E-state index in [4.69, 9.17) is 0 Å². The summed E-state index contributed by atoms with van der Waals surface area (Å²) in [6, 6.07) is 5.33. The summed E-state index contributed by atoms with van der Waals surface area (Å²) >= 11 is 0. The number of hydrogen-bond donors (Lipinski definition) is 3. The lowest BCUT2D eigenvalue weighted by Gasteiger charge is -2.16. The van der Waals surface area contributed by atoms with Crippen LogP contribution in [-0.2, 0) is 7.05 Å². The van der Waals surface area contributed by atoms with Crippen molar-refractivity contribution in [3.8, 4) is 0 Å². The van der Waals surface area contributed by atoms with E-state index >= 15 is 0 Å². The molecule has 0 aliphatic carbocycles. The number of carbonyl (C=O) groups is 1. The van der Waals surface area contributed by atoms with Gasteiger partial charge in [-0.1, -0.05) is 26.7 Å². The molecular formula is C21H29N7O2.